The Kier molecular flexibility index (Phi) is 5.56. The second kappa shape index (κ2) is 7.75. The van der Waals surface area contributed by atoms with Crippen LogP contribution >= 0.6 is 0 Å². The lowest BCUT2D eigenvalue weighted by molar-refractivity contribution is 0.0937. The summed E-state index contributed by atoms with van der Waals surface area (Å²) in [5.41, 5.74) is 3.08. The van der Waals surface area contributed by atoms with E-state index in [1.165, 1.54) is 6.26 Å². The zero-order valence-electron chi connectivity index (χ0n) is 16.5. The molecule has 0 aliphatic heterocycles. The van der Waals surface area contributed by atoms with Crippen molar-refractivity contribution in [3.05, 3.63) is 65.5 Å². The number of sulfone groups is 1. The van der Waals surface area contributed by atoms with E-state index in [0.29, 0.717) is 11.1 Å². The van der Waals surface area contributed by atoms with Crippen LogP contribution in [0.1, 0.15) is 54.6 Å². The van der Waals surface area contributed by atoms with E-state index in [9.17, 15) is 13.2 Å². The van der Waals surface area contributed by atoms with Crippen molar-refractivity contribution in [2.75, 3.05) is 6.26 Å². The Morgan fingerprint density at radius 1 is 1.07 bits per heavy atom. The van der Waals surface area contributed by atoms with Crippen LogP contribution < -0.4 is 5.32 Å². The first-order valence-corrected chi connectivity index (χ1v) is 11.3. The van der Waals surface area contributed by atoms with Crippen molar-refractivity contribution in [3.63, 3.8) is 0 Å². The van der Waals surface area contributed by atoms with Crippen LogP contribution in [-0.2, 0) is 15.6 Å². The van der Waals surface area contributed by atoms with Crippen LogP contribution in [-0.4, -0.2) is 30.1 Å². The normalized spacial score (nSPS) is 13.0. The van der Waals surface area contributed by atoms with Crippen molar-refractivity contribution in [1.82, 2.24) is 14.9 Å². The third-order valence-electron chi connectivity index (χ3n) is 4.52. The number of nitrogens with zero attached hydrogens (tertiary/aromatic N) is 2. The number of amides is 1. The van der Waals surface area contributed by atoms with E-state index >= 15 is 0 Å². The van der Waals surface area contributed by atoms with E-state index in [4.69, 9.17) is 4.98 Å². The number of hydrogen-bond acceptors (Lipinski definition) is 4. The molecule has 1 heterocycles. The van der Waals surface area contributed by atoms with Crippen molar-refractivity contribution in [2.45, 2.75) is 38.6 Å². The molecule has 7 heteroatoms. The zero-order valence-corrected chi connectivity index (χ0v) is 17.3. The van der Waals surface area contributed by atoms with Crippen molar-refractivity contribution in [2.24, 2.45) is 0 Å². The molecular formula is C21H25N3O3S. The van der Waals surface area contributed by atoms with E-state index in [1.807, 2.05) is 31.2 Å². The summed E-state index contributed by atoms with van der Waals surface area (Å²) in [6, 6.07) is 14.5. The quantitative estimate of drug-likeness (QED) is 0.686. The molecule has 0 saturated heterocycles. The molecule has 0 aliphatic rings. The number of carbonyl (C=O) groups excluding carboxylic acids is 1. The van der Waals surface area contributed by atoms with Crippen molar-refractivity contribution >= 4 is 26.8 Å². The zero-order chi connectivity index (χ0) is 20.5. The van der Waals surface area contributed by atoms with Gasteiger partial charge in [0, 0.05) is 17.9 Å². The van der Waals surface area contributed by atoms with Crippen LogP contribution in [0.5, 0.6) is 0 Å². The van der Waals surface area contributed by atoms with Crippen LogP contribution in [0.3, 0.4) is 0 Å². The molecular weight excluding hydrogens is 374 g/mol. The third-order valence-corrected chi connectivity index (χ3v) is 5.38. The fraction of sp³-hybridized carbons (Fsp3) is 0.333. The minimum Gasteiger partial charge on any atom is -0.342 e. The Hall–Kier alpha value is -2.67. The number of hydrogen-bond donors (Lipinski definition) is 1. The molecule has 0 bridgehead atoms. The average molecular weight is 400 g/mol. The predicted molar refractivity (Wildman–Crippen MR) is 111 cm³/mol. The molecule has 2 aromatic carbocycles. The summed E-state index contributed by atoms with van der Waals surface area (Å²) >= 11 is 0. The van der Waals surface area contributed by atoms with Gasteiger partial charge in [0.05, 0.1) is 22.8 Å². The maximum Gasteiger partial charge on any atom is 0.251 e. The lowest BCUT2D eigenvalue weighted by atomic mass is 10.1. The van der Waals surface area contributed by atoms with Gasteiger partial charge in [0.1, 0.15) is 5.82 Å². The van der Waals surface area contributed by atoms with Crippen molar-refractivity contribution in [3.8, 4) is 0 Å². The van der Waals surface area contributed by atoms with E-state index in [2.05, 4.69) is 23.7 Å². The summed E-state index contributed by atoms with van der Waals surface area (Å²) in [6.45, 7) is 6.09. The first kappa shape index (κ1) is 20.1. The van der Waals surface area contributed by atoms with E-state index < -0.39 is 9.84 Å². The van der Waals surface area contributed by atoms with Crippen LogP contribution in [0.15, 0.2) is 48.5 Å². The smallest absolute Gasteiger partial charge is 0.251 e. The van der Waals surface area contributed by atoms with Crippen molar-refractivity contribution in [1.29, 1.82) is 0 Å². The number of fused-ring (bicyclic) bond motifs is 1. The molecule has 1 aromatic heterocycles. The molecule has 3 rings (SSSR count). The fourth-order valence-corrected chi connectivity index (χ4v) is 4.11. The number of aromatic nitrogens is 2. The molecule has 0 radical (unpaired) electrons. The maximum atomic E-state index is 12.7. The molecule has 1 atom stereocenters. The minimum absolute atomic E-state index is 0.0380. The average Bonchev–Trinajstić information content (AvgIpc) is 3.00. The topological polar surface area (TPSA) is 81.1 Å². The SMILES string of the molecule is CC(C)n1c([C@@H](C)NC(=O)c2ccc(CS(C)(=O)=O)cc2)nc2ccccc21. The summed E-state index contributed by atoms with van der Waals surface area (Å²) in [4.78, 5) is 17.4. The van der Waals surface area contributed by atoms with Gasteiger partial charge in [-0.25, -0.2) is 13.4 Å². The first-order chi connectivity index (χ1) is 13.2. The van der Waals surface area contributed by atoms with Crippen LogP contribution in [0.2, 0.25) is 0 Å². The Labute approximate surface area is 165 Å². The monoisotopic (exact) mass is 399 g/mol. The number of para-hydroxylation sites is 2. The van der Waals surface area contributed by atoms with Gasteiger partial charge in [0.25, 0.3) is 5.91 Å². The number of benzene rings is 2. The molecule has 0 fully saturated rings. The van der Waals surface area contributed by atoms with Crippen LogP contribution in [0.4, 0.5) is 0 Å². The number of imidazole rings is 1. The van der Waals surface area contributed by atoms with Gasteiger partial charge in [0.2, 0.25) is 0 Å². The standard InChI is InChI=1S/C21H25N3O3S/c1-14(2)24-19-8-6-5-7-18(19)23-20(24)15(3)22-21(25)17-11-9-16(10-12-17)13-28(4,26)27/h5-12,14-15H,13H2,1-4H3,(H,22,25)/t15-/m1/s1. The Morgan fingerprint density at radius 3 is 2.32 bits per heavy atom. The Morgan fingerprint density at radius 2 is 1.71 bits per heavy atom. The number of rotatable bonds is 6. The van der Waals surface area contributed by atoms with Gasteiger partial charge in [-0.3, -0.25) is 4.79 Å². The maximum absolute atomic E-state index is 12.7. The predicted octanol–water partition coefficient (Wildman–Crippen LogP) is 3.65. The highest BCUT2D eigenvalue weighted by atomic mass is 32.2. The molecule has 0 spiro atoms. The van der Waals surface area contributed by atoms with E-state index in [-0.39, 0.29) is 23.7 Å². The van der Waals surface area contributed by atoms with Gasteiger partial charge in [-0.2, -0.15) is 0 Å². The highest BCUT2D eigenvalue weighted by Gasteiger charge is 2.20. The second-order valence-corrected chi connectivity index (χ2v) is 9.52. The lowest BCUT2D eigenvalue weighted by Crippen LogP contribution is -2.29. The van der Waals surface area contributed by atoms with Gasteiger partial charge in [-0.05, 0) is 50.6 Å². The molecule has 6 nitrogen and oxygen atoms in total. The molecule has 0 aliphatic carbocycles. The molecule has 3 aromatic rings. The first-order valence-electron chi connectivity index (χ1n) is 9.20. The van der Waals surface area contributed by atoms with Crippen LogP contribution in [0.25, 0.3) is 11.0 Å². The summed E-state index contributed by atoms with van der Waals surface area (Å²) < 4.78 is 24.9. The second-order valence-electron chi connectivity index (χ2n) is 7.38. The lowest BCUT2D eigenvalue weighted by Gasteiger charge is -2.19. The molecule has 148 valence electrons. The largest absolute Gasteiger partial charge is 0.342 e. The van der Waals surface area contributed by atoms with Gasteiger partial charge >= 0.3 is 0 Å². The van der Waals surface area contributed by atoms with E-state index in [0.717, 1.165) is 16.9 Å². The summed E-state index contributed by atoms with van der Waals surface area (Å²) in [6.07, 6.45) is 1.19. The third kappa shape index (κ3) is 4.42. The summed E-state index contributed by atoms with van der Waals surface area (Å²) in [5, 5.41) is 3.00. The molecule has 1 amide bonds. The van der Waals surface area contributed by atoms with E-state index in [1.54, 1.807) is 24.3 Å². The Balaban J connectivity index is 1.81. The van der Waals surface area contributed by atoms with Crippen molar-refractivity contribution < 1.29 is 13.2 Å². The van der Waals surface area contributed by atoms with Gasteiger partial charge in [0.15, 0.2) is 9.84 Å². The fourth-order valence-electron chi connectivity index (χ4n) is 3.31. The highest BCUT2D eigenvalue weighted by molar-refractivity contribution is 7.89. The van der Waals surface area contributed by atoms with Gasteiger partial charge in [-0.15, -0.1) is 0 Å². The Bertz CT molecular complexity index is 1100. The number of carbonyl (C=O) groups is 1. The molecule has 0 unspecified atom stereocenters. The van der Waals surface area contributed by atoms with Crippen LogP contribution in [0, 0.1) is 0 Å². The summed E-state index contributed by atoms with van der Waals surface area (Å²) in [7, 11) is -3.10. The van der Waals surface area contributed by atoms with Gasteiger partial charge < -0.3 is 9.88 Å². The molecule has 1 N–H and O–H groups in total. The molecule has 28 heavy (non-hydrogen) atoms. The minimum atomic E-state index is -3.10. The molecule has 0 saturated carbocycles. The van der Waals surface area contributed by atoms with Gasteiger partial charge in [-0.1, -0.05) is 24.3 Å². The highest BCUT2D eigenvalue weighted by Crippen LogP contribution is 2.25. The number of nitrogens with one attached hydrogen (secondary N) is 1. The summed E-state index contributed by atoms with van der Waals surface area (Å²) in [5.74, 6) is 0.544.